The zero-order valence-corrected chi connectivity index (χ0v) is 24.2. The Labute approximate surface area is 252 Å². The first-order chi connectivity index (χ1) is 21.1. The van der Waals surface area contributed by atoms with Gasteiger partial charge in [0.05, 0.1) is 25.7 Å². The van der Waals surface area contributed by atoms with Gasteiger partial charge in [-0.1, -0.05) is 54.6 Å². The Hall–Kier alpha value is -5.42. The van der Waals surface area contributed by atoms with E-state index in [1.807, 2.05) is 54.6 Å². The molecule has 2 N–H and O–H groups in total. The van der Waals surface area contributed by atoms with Crippen molar-refractivity contribution in [3.63, 3.8) is 0 Å². The van der Waals surface area contributed by atoms with Gasteiger partial charge in [0.15, 0.2) is 17.3 Å². The van der Waals surface area contributed by atoms with Crippen molar-refractivity contribution in [2.24, 2.45) is 0 Å². The van der Waals surface area contributed by atoms with Crippen LogP contribution in [0.4, 0.5) is 5.69 Å². The van der Waals surface area contributed by atoms with Gasteiger partial charge in [-0.25, -0.2) is 0 Å². The first-order valence-electron chi connectivity index (χ1n) is 13.2. The lowest BCUT2D eigenvalue weighted by Gasteiger charge is -2.14. The number of amides is 2. The standard InChI is InChI=1S/C32H28N6O4S/c1-41-28-18-9-13-23(30(28)42-2)19-27(34-31(39)22-11-5-3-6-12-22)32(40)33-24-14-10-17-26(20-24)43-21-29-35-36-37-38(29)25-15-7-4-8-16-25/h3-20H,21H2,1-2H3,(H,33,40)(H,34,39)/b27-19+. The van der Waals surface area contributed by atoms with Gasteiger partial charge in [0.2, 0.25) is 0 Å². The summed E-state index contributed by atoms with van der Waals surface area (Å²) in [5, 5.41) is 17.8. The van der Waals surface area contributed by atoms with Crippen LogP contribution in [0.25, 0.3) is 11.8 Å². The number of nitrogens with zero attached hydrogens (tertiary/aromatic N) is 4. The van der Waals surface area contributed by atoms with Crippen LogP contribution in [0.2, 0.25) is 0 Å². The molecule has 0 aliphatic rings. The molecule has 11 heteroatoms. The Morgan fingerprint density at radius 3 is 2.37 bits per heavy atom. The molecule has 0 spiro atoms. The second-order valence-electron chi connectivity index (χ2n) is 9.07. The minimum absolute atomic E-state index is 0.0282. The fraction of sp³-hybridized carbons (Fsp3) is 0.0938. The number of para-hydroxylation sites is 2. The van der Waals surface area contributed by atoms with Crippen molar-refractivity contribution in [2.75, 3.05) is 19.5 Å². The van der Waals surface area contributed by atoms with E-state index in [0.29, 0.717) is 39.9 Å². The van der Waals surface area contributed by atoms with Gasteiger partial charge in [-0.05, 0) is 65.0 Å². The first-order valence-corrected chi connectivity index (χ1v) is 14.2. The highest BCUT2D eigenvalue weighted by molar-refractivity contribution is 7.98. The minimum atomic E-state index is -0.510. The van der Waals surface area contributed by atoms with E-state index in [4.69, 9.17) is 9.47 Å². The summed E-state index contributed by atoms with van der Waals surface area (Å²) in [5.41, 5.74) is 2.42. The van der Waals surface area contributed by atoms with Crippen LogP contribution in [0.15, 0.2) is 114 Å². The summed E-state index contributed by atoms with van der Waals surface area (Å²) >= 11 is 1.53. The van der Waals surface area contributed by atoms with Crippen molar-refractivity contribution in [1.29, 1.82) is 0 Å². The maximum Gasteiger partial charge on any atom is 0.272 e. The molecule has 4 aromatic carbocycles. The number of hydrogen-bond acceptors (Lipinski definition) is 8. The highest BCUT2D eigenvalue weighted by atomic mass is 32.2. The van der Waals surface area contributed by atoms with Crippen LogP contribution in [0.1, 0.15) is 21.7 Å². The zero-order chi connectivity index (χ0) is 30.0. The van der Waals surface area contributed by atoms with Gasteiger partial charge in [0.1, 0.15) is 5.70 Å². The lowest BCUT2D eigenvalue weighted by atomic mass is 10.1. The number of carbonyl (C=O) groups is 2. The van der Waals surface area contributed by atoms with Crippen LogP contribution in [0.5, 0.6) is 11.5 Å². The average Bonchev–Trinajstić information content (AvgIpc) is 3.53. The van der Waals surface area contributed by atoms with Crippen molar-refractivity contribution in [2.45, 2.75) is 10.6 Å². The number of rotatable bonds is 11. The Kier molecular flexibility index (Phi) is 9.45. The molecule has 0 aliphatic carbocycles. The number of aromatic nitrogens is 4. The molecular formula is C32H28N6O4S. The molecule has 1 heterocycles. The van der Waals surface area contributed by atoms with Gasteiger partial charge < -0.3 is 20.1 Å². The molecule has 5 rings (SSSR count). The maximum atomic E-state index is 13.6. The quantitative estimate of drug-likeness (QED) is 0.155. The van der Waals surface area contributed by atoms with Crippen LogP contribution in [-0.4, -0.2) is 46.2 Å². The second kappa shape index (κ2) is 14.0. The van der Waals surface area contributed by atoms with Gasteiger partial charge in [0, 0.05) is 21.7 Å². The van der Waals surface area contributed by atoms with E-state index in [1.54, 1.807) is 59.3 Å². The average molecular weight is 593 g/mol. The molecule has 0 unspecified atom stereocenters. The van der Waals surface area contributed by atoms with Crippen molar-refractivity contribution < 1.29 is 19.1 Å². The van der Waals surface area contributed by atoms with E-state index >= 15 is 0 Å². The van der Waals surface area contributed by atoms with Crippen molar-refractivity contribution in [3.05, 3.63) is 126 Å². The summed E-state index contributed by atoms with van der Waals surface area (Å²) in [6, 6.07) is 31.0. The number of tetrazole rings is 1. The second-order valence-corrected chi connectivity index (χ2v) is 10.1. The van der Waals surface area contributed by atoms with Crippen molar-refractivity contribution >= 4 is 35.3 Å². The summed E-state index contributed by atoms with van der Waals surface area (Å²) in [6.07, 6.45) is 1.56. The molecule has 0 saturated carbocycles. The van der Waals surface area contributed by atoms with Gasteiger partial charge in [0.25, 0.3) is 11.8 Å². The zero-order valence-electron chi connectivity index (χ0n) is 23.4. The normalized spacial score (nSPS) is 11.1. The number of hydrogen-bond donors (Lipinski definition) is 2. The fourth-order valence-electron chi connectivity index (χ4n) is 4.20. The van der Waals surface area contributed by atoms with Gasteiger partial charge in [-0.2, -0.15) is 4.68 Å². The topological polar surface area (TPSA) is 120 Å². The number of carbonyl (C=O) groups excluding carboxylic acids is 2. The molecule has 10 nitrogen and oxygen atoms in total. The van der Waals surface area contributed by atoms with E-state index in [-0.39, 0.29) is 5.70 Å². The smallest absolute Gasteiger partial charge is 0.272 e. The third-order valence-corrected chi connectivity index (χ3v) is 7.25. The number of benzene rings is 4. The molecule has 0 radical (unpaired) electrons. The van der Waals surface area contributed by atoms with Crippen LogP contribution < -0.4 is 20.1 Å². The molecular weight excluding hydrogens is 564 g/mol. The monoisotopic (exact) mass is 592 g/mol. The molecule has 0 atom stereocenters. The first kappa shape index (κ1) is 29.1. The molecule has 5 aromatic rings. The predicted molar refractivity (Wildman–Crippen MR) is 165 cm³/mol. The van der Waals surface area contributed by atoms with E-state index in [0.717, 1.165) is 10.6 Å². The number of anilines is 1. The maximum absolute atomic E-state index is 13.6. The highest BCUT2D eigenvalue weighted by Crippen LogP contribution is 2.32. The van der Waals surface area contributed by atoms with Gasteiger partial charge in [-0.15, -0.1) is 16.9 Å². The Balaban J connectivity index is 1.36. The number of thioether (sulfide) groups is 1. The lowest BCUT2D eigenvalue weighted by Crippen LogP contribution is -2.30. The summed E-state index contributed by atoms with van der Waals surface area (Å²) < 4.78 is 12.6. The van der Waals surface area contributed by atoms with Crippen LogP contribution in [0, 0.1) is 0 Å². The Morgan fingerprint density at radius 2 is 1.63 bits per heavy atom. The van der Waals surface area contributed by atoms with Gasteiger partial charge >= 0.3 is 0 Å². The summed E-state index contributed by atoms with van der Waals surface area (Å²) in [6.45, 7) is 0. The number of methoxy groups -OCH3 is 2. The Bertz CT molecular complexity index is 1740. The molecule has 0 aliphatic heterocycles. The fourth-order valence-corrected chi connectivity index (χ4v) is 5.06. The summed E-state index contributed by atoms with van der Waals surface area (Å²) in [7, 11) is 3.04. The molecule has 0 bridgehead atoms. The Morgan fingerprint density at radius 1 is 0.884 bits per heavy atom. The third-order valence-electron chi connectivity index (χ3n) is 6.26. The molecule has 2 amide bonds. The van der Waals surface area contributed by atoms with E-state index < -0.39 is 11.8 Å². The number of nitrogens with one attached hydrogen (secondary N) is 2. The van der Waals surface area contributed by atoms with Crippen molar-refractivity contribution in [1.82, 2.24) is 25.5 Å². The van der Waals surface area contributed by atoms with E-state index in [9.17, 15) is 9.59 Å². The van der Waals surface area contributed by atoms with Crippen molar-refractivity contribution in [3.8, 4) is 17.2 Å². The lowest BCUT2D eigenvalue weighted by molar-refractivity contribution is -0.113. The SMILES string of the molecule is COc1cccc(/C=C(/NC(=O)c2ccccc2)C(=O)Nc2cccc(SCc3nnnn3-c3ccccc3)c2)c1OC. The largest absolute Gasteiger partial charge is 0.493 e. The van der Waals surface area contributed by atoms with Crippen LogP contribution in [0.3, 0.4) is 0 Å². The summed E-state index contributed by atoms with van der Waals surface area (Å²) in [5.74, 6) is 1.18. The number of ether oxygens (including phenoxy) is 2. The summed E-state index contributed by atoms with van der Waals surface area (Å²) in [4.78, 5) is 27.5. The van der Waals surface area contributed by atoms with E-state index in [1.165, 1.54) is 26.0 Å². The van der Waals surface area contributed by atoms with Crippen LogP contribution in [-0.2, 0) is 10.5 Å². The van der Waals surface area contributed by atoms with Crippen LogP contribution >= 0.6 is 11.8 Å². The predicted octanol–water partition coefficient (Wildman–Crippen LogP) is 5.38. The van der Waals surface area contributed by atoms with E-state index in [2.05, 4.69) is 26.2 Å². The third kappa shape index (κ3) is 7.27. The minimum Gasteiger partial charge on any atom is -0.493 e. The molecule has 216 valence electrons. The molecule has 43 heavy (non-hydrogen) atoms. The highest BCUT2D eigenvalue weighted by Gasteiger charge is 2.18. The molecule has 1 aromatic heterocycles. The molecule has 0 saturated heterocycles. The molecule has 0 fully saturated rings. The van der Waals surface area contributed by atoms with Gasteiger partial charge in [-0.3, -0.25) is 9.59 Å².